The molecule has 0 atom stereocenters. The molecule has 1 aromatic carbocycles. The lowest BCUT2D eigenvalue weighted by Crippen LogP contribution is -2.41. The van der Waals surface area contributed by atoms with E-state index in [2.05, 4.69) is 0 Å². The largest absolute Gasteiger partial charge is 0.465 e. The van der Waals surface area contributed by atoms with Crippen molar-refractivity contribution in [1.82, 2.24) is 9.13 Å². The first kappa shape index (κ1) is 20.9. The van der Waals surface area contributed by atoms with E-state index >= 15 is 0 Å². The predicted molar refractivity (Wildman–Crippen MR) is 112 cm³/mol. The smallest absolute Gasteiger partial charge is 0.332 e. The molecule has 0 N–H and O–H groups in total. The average Bonchev–Trinajstić information content (AvgIpc) is 2.94. The lowest BCUT2D eigenvalue weighted by Gasteiger charge is -2.12. The van der Waals surface area contributed by atoms with Gasteiger partial charge in [0.05, 0.1) is 32.9 Å². The molecular weight excluding hydrogens is 447 g/mol. The number of ether oxygens (including phenoxy) is 1. The quantitative estimate of drug-likeness (QED) is 0.536. The van der Waals surface area contributed by atoms with Crippen LogP contribution in [0.5, 0.6) is 0 Å². The fraction of sp³-hybridized carbons (Fsp3) is 0.278. The molecule has 0 aliphatic heterocycles. The van der Waals surface area contributed by atoms with Crippen molar-refractivity contribution < 1.29 is 9.53 Å². The Morgan fingerprint density at radius 2 is 1.86 bits per heavy atom. The average molecular weight is 462 g/mol. The van der Waals surface area contributed by atoms with E-state index in [1.807, 2.05) is 0 Å². The summed E-state index contributed by atoms with van der Waals surface area (Å²) in [4.78, 5) is 38.4. The van der Waals surface area contributed by atoms with E-state index in [0.29, 0.717) is 35.7 Å². The van der Waals surface area contributed by atoms with E-state index in [1.165, 1.54) is 4.57 Å². The molecule has 148 valence electrons. The summed E-state index contributed by atoms with van der Waals surface area (Å²) >= 11 is 19.3. The van der Waals surface area contributed by atoms with Crippen LogP contribution in [0.3, 0.4) is 0 Å². The number of aryl methyl sites for hydroxylation is 1. The summed E-state index contributed by atoms with van der Waals surface area (Å²) in [5.74, 6) is -0.576. The van der Waals surface area contributed by atoms with Crippen molar-refractivity contribution in [2.24, 2.45) is 0 Å². The van der Waals surface area contributed by atoms with E-state index < -0.39 is 17.2 Å². The highest BCUT2D eigenvalue weighted by molar-refractivity contribution is 7.22. The molecule has 0 radical (unpaired) electrons. The molecule has 0 saturated heterocycles. The molecule has 28 heavy (non-hydrogen) atoms. The molecule has 0 aliphatic rings. The van der Waals surface area contributed by atoms with Gasteiger partial charge in [-0.2, -0.15) is 0 Å². The minimum atomic E-state index is -0.630. The monoisotopic (exact) mass is 460 g/mol. The van der Waals surface area contributed by atoms with Gasteiger partial charge in [-0.3, -0.25) is 18.7 Å². The van der Waals surface area contributed by atoms with E-state index in [0.717, 1.165) is 15.9 Å². The summed E-state index contributed by atoms with van der Waals surface area (Å²) in [5, 5.41) is 0.988. The van der Waals surface area contributed by atoms with E-state index in [1.54, 1.807) is 32.0 Å². The number of esters is 1. The first-order valence-electron chi connectivity index (χ1n) is 8.26. The molecule has 3 aromatic rings. The fourth-order valence-corrected chi connectivity index (χ4v) is 4.46. The van der Waals surface area contributed by atoms with Gasteiger partial charge in [0.1, 0.15) is 11.4 Å². The second kappa shape index (κ2) is 8.29. The van der Waals surface area contributed by atoms with Crippen LogP contribution in [0.25, 0.3) is 10.2 Å². The zero-order chi connectivity index (χ0) is 20.6. The molecule has 0 fully saturated rings. The number of rotatable bonds is 5. The predicted octanol–water partition coefficient (Wildman–Crippen LogP) is 4.10. The Bertz CT molecular complexity index is 1200. The zero-order valence-corrected chi connectivity index (χ0v) is 18.0. The maximum atomic E-state index is 13.0. The third-order valence-corrected chi connectivity index (χ3v) is 6.51. The Labute approximate surface area is 178 Å². The van der Waals surface area contributed by atoms with Crippen molar-refractivity contribution in [1.29, 1.82) is 0 Å². The molecule has 0 spiro atoms. The molecule has 2 heterocycles. The number of halogens is 3. The number of aromatic nitrogens is 2. The van der Waals surface area contributed by atoms with Crippen LogP contribution in [-0.4, -0.2) is 21.7 Å². The van der Waals surface area contributed by atoms with Crippen LogP contribution >= 0.6 is 46.1 Å². The Hall–Kier alpha value is -1.80. The van der Waals surface area contributed by atoms with Gasteiger partial charge in [-0.25, -0.2) is 4.79 Å². The second-order valence-electron chi connectivity index (χ2n) is 5.99. The Kier molecular flexibility index (Phi) is 6.19. The molecular formula is C18H15Cl3N2O4S. The summed E-state index contributed by atoms with van der Waals surface area (Å²) in [7, 11) is 0. The number of hydrogen-bond donors (Lipinski definition) is 0. The molecule has 10 heteroatoms. The number of hydrogen-bond acceptors (Lipinski definition) is 5. The Morgan fingerprint density at radius 1 is 1.14 bits per heavy atom. The van der Waals surface area contributed by atoms with Crippen LogP contribution in [-0.2, 0) is 22.6 Å². The number of nitrogens with zero attached hydrogens (tertiary/aromatic N) is 2. The third kappa shape index (κ3) is 3.85. The van der Waals surface area contributed by atoms with Crippen LogP contribution in [0.2, 0.25) is 14.4 Å². The SMILES string of the molecule is CCOC(=O)Cn1c(=O)n(Cc2ccc(Cl)c(Cl)c2)c(=O)c2c(C)c(Cl)sc21. The number of thiophene rings is 1. The minimum Gasteiger partial charge on any atom is -0.465 e. The zero-order valence-electron chi connectivity index (χ0n) is 14.9. The summed E-state index contributed by atoms with van der Waals surface area (Å²) in [6, 6.07) is 4.85. The van der Waals surface area contributed by atoms with Crippen molar-refractivity contribution in [2.45, 2.75) is 26.9 Å². The number of carbonyl (C=O) groups excluding carboxylic acids is 1. The molecule has 3 rings (SSSR count). The second-order valence-corrected chi connectivity index (χ2v) is 8.41. The van der Waals surface area contributed by atoms with Crippen molar-refractivity contribution >= 4 is 62.3 Å². The highest BCUT2D eigenvalue weighted by Gasteiger charge is 2.21. The van der Waals surface area contributed by atoms with Crippen LogP contribution < -0.4 is 11.2 Å². The highest BCUT2D eigenvalue weighted by atomic mass is 35.5. The maximum Gasteiger partial charge on any atom is 0.332 e. The molecule has 0 bridgehead atoms. The van der Waals surface area contributed by atoms with Crippen LogP contribution in [0.4, 0.5) is 0 Å². The van der Waals surface area contributed by atoms with E-state index in [9.17, 15) is 14.4 Å². The van der Waals surface area contributed by atoms with Gasteiger partial charge in [0.15, 0.2) is 0 Å². The van der Waals surface area contributed by atoms with Crippen molar-refractivity contribution in [3.8, 4) is 0 Å². The van der Waals surface area contributed by atoms with Gasteiger partial charge in [0.25, 0.3) is 5.56 Å². The number of carbonyl (C=O) groups is 1. The van der Waals surface area contributed by atoms with Gasteiger partial charge in [0, 0.05) is 0 Å². The van der Waals surface area contributed by atoms with Gasteiger partial charge in [-0.15, -0.1) is 11.3 Å². The molecule has 0 amide bonds. The van der Waals surface area contributed by atoms with Crippen LogP contribution in [0.15, 0.2) is 27.8 Å². The summed E-state index contributed by atoms with van der Waals surface area (Å²) < 4.78 is 7.61. The van der Waals surface area contributed by atoms with E-state index in [4.69, 9.17) is 39.5 Å². The van der Waals surface area contributed by atoms with Crippen molar-refractivity contribution in [2.75, 3.05) is 6.61 Å². The van der Waals surface area contributed by atoms with Gasteiger partial charge in [0.2, 0.25) is 0 Å². The topological polar surface area (TPSA) is 70.3 Å². The van der Waals surface area contributed by atoms with Crippen molar-refractivity contribution in [3.63, 3.8) is 0 Å². The third-order valence-electron chi connectivity index (χ3n) is 4.15. The summed E-state index contributed by atoms with van der Waals surface area (Å²) in [6.07, 6.45) is 0. The minimum absolute atomic E-state index is 0.0276. The standard InChI is InChI=1S/C18H15Cl3N2O4S/c1-3-27-13(24)8-23-17-14(9(2)15(21)28-17)16(25)22(18(23)26)7-10-4-5-11(19)12(20)6-10/h4-6H,3,7-8H2,1-2H3. The van der Waals surface area contributed by atoms with Crippen LogP contribution in [0.1, 0.15) is 18.1 Å². The number of benzene rings is 1. The van der Waals surface area contributed by atoms with E-state index in [-0.39, 0.29) is 19.7 Å². The van der Waals surface area contributed by atoms with Gasteiger partial charge in [-0.05, 0) is 37.1 Å². The van der Waals surface area contributed by atoms with Crippen molar-refractivity contribution in [3.05, 3.63) is 64.5 Å². The Balaban J connectivity index is 2.23. The maximum absolute atomic E-state index is 13.0. The Morgan fingerprint density at radius 3 is 2.50 bits per heavy atom. The summed E-state index contributed by atoms with van der Waals surface area (Å²) in [6.45, 7) is 3.21. The van der Waals surface area contributed by atoms with Gasteiger partial charge < -0.3 is 4.74 Å². The lowest BCUT2D eigenvalue weighted by atomic mass is 10.2. The fourth-order valence-electron chi connectivity index (χ4n) is 2.80. The van der Waals surface area contributed by atoms with Crippen LogP contribution in [0, 0.1) is 6.92 Å². The molecule has 2 aromatic heterocycles. The van der Waals surface area contributed by atoms with Gasteiger partial charge >= 0.3 is 11.7 Å². The molecule has 6 nitrogen and oxygen atoms in total. The number of fused-ring (bicyclic) bond motifs is 1. The molecule has 0 saturated carbocycles. The lowest BCUT2D eigenvalue weighted by molar-refractivity contribution is -0.143. The molecule has 0 unspecified atom stereocenters. The first-order valence-corrected chi connectivity index (χ1v) is 10.2. The molecule has 0 aliphatic carbocycles. The summed E-state index contributed by atoms with van der Waals surface area (Å²) in [5.41, 5.74) is 0.0724. The highest BCUT2D eigenvalue weighted by Crippen LogP contribution is 2.32. The normalized spacial score (nSPS) is 11.2. The van der Waals surface area contributed by atoms with Gasteiger partial charge in [-0.1, -0.05) is 40.9 Å². The first-order chi connectivity index (χ1) is 13.2.